The molecule has 34 heavy (non-hydrogen) atoms. The molecule has 0 N–H and O–H groups in total. The van der Waals surface area contributed by atoms with E-state index in [0.717, 1.165) is 70.8 Å². The Morgan fingerprint density at radius 3 is 2.41 bits per heavy atom. The predicted molar refractivity (Wildman–Crippen MR) is 139 cm³/mol. The molecular weight excluding hydrogens is 422 g/mol. The van der Waals surface area contributed by atoms with E-state index < -0.39 is 5.60 Å². The number of methoxy groups -OCH3 is 1. The molecule has 0 fully saturated rings. The summed E-state index contributed by atoms with van der Waals surface area (Å²) in [4.78, 5) is 14.5. The van der Waals surface area contributed by atoms with Crippen molar-refractivity contribution in [3.8, 4) is 11.5 Å². The van der Waals surface area contributed by atoms with Crippen molar-refractivity contribution in [2.24, 2.45) is 0 Å². The van der Waals surface area contributed by atoms with Gasteiger partial charge >= 0.3 is 0 Å². The zero-order valence-electron chi connectivity index (χ0n) is 20.7. The van der Waals surface area contributed by atoms with Crippen molar-refractivity contribution >= 4 is 18.0 Å². The second kappa shape index (κ2) is 9.86. The van der Waals surface area contributed by atoms with E-state index in [4.69, 9.17) is 9.47 Å². The Balaban J connectivity index is 2.11. The number of rotatable bonds is 8. The summed E-state index contributed by atoms with van der Waals surface area (Å²) in [6, 6.07) is 18.1. The summed E-state index contributed by atoms with van der Waals surface area (Å²) >= 11 is 0. The summed E-state index contributed by atoms with van der Waals surface area (Å²) in [5.74, 6) is 1.49. The van der Waals surface area contributed by atoms with Crippen LogP contribution in [0.4, 0.5) is 5.69 Å². The van der Waals surface area contributed by atoms with E-state index in [9.17, 15) is 4.79 Å². The SMILES string of the molecule is CC/C=C\c1c(C)ccc2c1C(OC)(c1ccccc1C=O)c1ccc(N(CC)CC)cc1O2. The number of fused-ring (bicyclic) bond motifs is 2. The monoisotopic (exact) mass is 455 g/mol. The smallest absolute Gasteiger partial charge is 0.151 e. The minimum absolute atomic E-state index is 0.600. The highest BCUT2D eigenvalue weighted by Crippen LogP contribution is 2.55. The number of allylic oxidation sites excluding steroid dienone is 1. The van der Waals surface area contributed by atoms with E-state index >= 15 is 0 Å². The lowest BCUT2D eigenvalue weighted by Crippen LogP contribution is -2.37. The summed E-state index contributed by atoms with van der Waals surface area (Å²) in [6.07, 6.45) is 6.11. The van der Waals surface area contributed by atoms with Gasteiger partial charge in [-0.15, -0.1) is 0 Å². The molecule has 1 heterocycles. The molecule has 0 aromatic heterocycles. The van der Waals surface area contributed by atoms with Crippen LogP contribution in [0.15, 0.2) is 60.7 Å². The van der Waals surface area contributed by atoms with Crippen molar-refractivity contribution in [3.05, 3.63) is 94.1 Å². The van der Waals surface area contributed by atoms with Crippen LogP contribution in [0.5, 0.6) is 11.5 Å². The van der Waals surface area contributed by atoms with E-state index in [1.165, 1.54) is 0 Å². The quantitative estimate of drug-likeness (QED) is 0.339. The van der Waals surface area contributed by atoms with Gasteiger partial charge in [0.25, 0.3) is 0 Å². The fourth-order valence-corrected chi connectivity index (χ4v) is 5.05. The third-order valence-corrected chi connectivity index (χ3v) is 6.76. The normalized spacial score (nSPS) is 16.6. The van der Waals surface area contributed by atoms with Crippen LogP contribution in [-0.2, 0) is 10.3 Å². The van der Waals surface area contributed by atoms with Crippen molar-refractivity contribution in [2.75, 3.05) is 25.1 Å². The minimum atomic E-state index is -0.998. The molecule has 0 bridgehead atoms. The molecule has 3 aromatic carbocycles. The van der Waals surface area contributed by atoms with E-state index in [0.29, 0.717) is 5.56 Å². The molecular formula is C30H33NO3. The first-order valence-electron chi connectivity index (χ1n) is 12.0. The van der Waals surface area contributed by atoms with Gasteiger partial charge in [-0.2, -0.15) is 0 Å². The van der Waals surface area contributed by atoms with Crippen LogP contribution < -0.4 is 9.64 Å². The van der Waals surface area contributed by atoms with Crippen molar-refractivity contribution < 1.29 is 14.3 Å². The average molecular weight is 456 g/mol. The molecule has 3 aromatic rings. The van der Waals surface area contributed by atoms with E-state index in [-0.39, 0.29) is 0 Å². The van der Waals surface area contributed by atoms with Gasteiger partial charge in [0, 0.05) is 54.2 Å². The lowest BCUT2D eigenvalue weighted by atomic mass is 9.73. The van der Waals surface area contributed by atoms with Crippen LogP contribution in [0.2, 0.25) is 0 Å². The maximum absolute atomic E-state index is 12.2. The maximum Gasteiger partial charge on any atom is 0.151 e. The summed E-state index contributed by atoms with van der Waals surface area (Å²) in [5.41, 5.74) is 5.51. The fourth-order valence-electron chi connectivity index (χ4n) is 5.05. The lowest BCUT2D eigenvalue weighted by Gasteiger charge is -2.42. The maximum atomic E-state index is 12.2. The lowest BCUT2D eigenvalue weighted by molar-refractivity contribution is 0.0489. The molecule has 4 heteroatoms. The van der Waals surface area contributed by atoms with Crippen LogP contribution in [0, 0.1) is 6.92 Å². The Kier molecular flexibility index (Phi) is 6.90. The van der Waals surface area contributed by atoms with Crippen LogP contribution >= 0.6 is 0 Å². The van der Waals surface area contributed by atoms with Gasteiger partial charge in [0.15, 0.2) is 5.60 Å². The third-order valence-electron chi connectivity index (χ3n) is 6.76. The molecule has 0 saturated carbocycles. The van der Waals surface area contributed by atoms with Gasteiger partial charge in [-0.25, -0.2) is 0 Å². The number of ether oxygens (including phenoxy) is 2. The molecule has 1 unspecified atom stereocenters. The highest BCUT2D eigenvalue weighted by atomic mass is 16.5. The molecule has 176 valence electrons. The van der Waals surface area contributed by atoms with Gasteiger partial charge in [-0.1, -0.05) is 49.4 Å². The fraction of sp³-hybridized carbons (Fsp3) is 0.300. The van der Waals surface area contributed by atoms with Crippen LogP contribution in [-0.4, -0.2) is 26.5 Å². The molecule has 0 radical (unpaired) electrons. The number of hydrogen-bond donors (Lipinski definition) is 0. The van der Waals surface area contributed by atoms with Crippen LogP contribution in [0.25, 0.3) is 6.08 Å². The van der Waals surface area contributed by atoms with E-state index in [1.807, 2.05) is 30.3 Å². The molecule has 4 nitrogen and oxygen atoms in total. The van der Waals surface area contributed by atoms with Crippen LogP contribution in [0.1, 0.15) is 65.4 Å². The Morgan fingerprint density at radius 1 is 0.971 bits per heavy atom. The number of benzene rings is 3. The number of hydrogen-bond acceptors (Lipinski definition) is 4. The molecule has 1 aliphatic heterocycles. The summed E-state index contributed by atoms with van der Waals surface area (Å²) < 4.78 is 13.1. The summed E-state index contributed by atoms with van der Waals surface area (Å²) in [6.45, 7) is 10.3. The summed E-state index contributed by atoms with van der Waals surface area (Å²) in [7, 11) is 1.72. The number of nitrogens with zero attached hydrogens (tertiary/aromatic N) is 1. The number of carbonyl (C=O) groups excluding carboxylic acids is 1. The van der Waals surface area contributed by atoms with Gasteiger partial charge in [-0.05, 0) is 56.5 Å². The van der Waals surface area contributed by atoms with Gasteiger partial charge in [0.05, 0.1) is 0 Å². The Labute approximate surface area is 202 Å². The zero-order valence-corrected chi connectivity index (χ0v) is 20.7. The Hall–Kier alpha value is -3.37. The standard InChI is InChI=1S/C30H33NO3/c1-6-9-13-24-21(4)15-18-27-29(24)30(33-5,25-14-11-10-12-22(25)20-32)26-17-16-23(19-28(26)34-27)31(7-2)8-3/h9-20H,6-8H2,1-5H3/b13-9-. The second-order valence-corrected chi connectivity index (χ2v) is 8.53. The molecule has 4 rings (SSSR count). The van der Waals surface area contributed by atoms with Crippen molar-refractivity contribution in [2.45, 2.75) is 39.7 Å². The predicted octanol–water partition coefficient (Wildman–Crippen LogP) is 7.12. The first-order valence-corrected chi connectivity index (χ1v) is 12.0. The van der Waals surface area contributed by atoms with E-state index in [2.05, 4.69) is 69.0 Å². The third kappa shape index (κ3) is 3.72. The first kappa shape index (κ1) is 23.8. The number of aldehydes is 1. The van der Waals surface area contributed by atoms with Crippen molar-refractivity contribution in [3.63, 3.8) is 0 Å². The minimum Gasteiger partial charge on any atom is -0.456 e. The van der Waals surface area contributed by atoms with Crippen LogP contribution in [0.3, 0.4) is 0 Å². The largest absolute Gasteiger partial charge is 0.456 e. The van der Waals surface area contributed by atoms with Gasteiger partial charge in [0.1, 0.15) is 17.8 Å². The van der Waals surface area contributed by atoms with E-state index in [1.54, 1.807) is 7.11 Å². The molecule has 0 aliphatic carbocycles. The van der Waals surface area contributed by atoms with Gasteiger partial charge < -0.3 is 14.4 Å². The summed E-state index contributed by atoms with van der Waals surface area (Å²) in [5, 5.41) is 0. The number of aryl methyl sites for hydroxylation is 1. The Bertz CT molecular complexity index is 1230. The zero-order chi connectivity index (χ0) is 24.3. The Morgan fingerprint density at radius 2 is 1.74 bits per heavy atom. The van der Waals surface area contributed by atoms with Crippen molar-refractivity contribution in [1.29, 1.82) is 0 Å². The van der Waals surface area contributed by atoms with Gasteiger partial charge in [0.2, 0.25) is 0 Å². The molecule has 0 spiro atoms. The number of anilines is 1. The topological polar surface area (TPSA) is 38.8 Å². The highest BCUT2D eigenvalue weighted by molar-refractivity contribution is 5.81. The molecule has 0 saturated heterocycles. The second-order valence-electron chi connectivity index (χ2n) is 8.53. The highest BCUT2D eigenvalue weighted by Gasteiger charge is 2.47. The van der Waals surface area contributed by atoms with Crippen molar-refractivity contribution in [1.82, 2.24) is 0 Å². The number of carbonyl (C=O) groups is 1. The molecule has 1 aliphatic rings. The van der Waals surface area contributed by atoms with Gasteiger partial charge in [-0.3, -0.25) is 4.79 Å². The first-order chi connectivity index (χ1) is 16.5. The molecule has 0 amide bonds. The average Bonchev–Trinajstić information content (AvgIpc) is 2.87. The molecule has 1 atom stereocenters.